The van der Waals surface area contributed by atoms with Gasteiger partial charge in [0, 0.05) is 68.8 Å². The molecule has 1 aliphatic carbocycles. The second-order valence-electron chi connectivity index (χ2n) is 17.6. The van der Waals surface area contributed by atoms with Crippen molar-refractivity contribution in [2.75, 3.05) is 48.3 Å². The highest BCUT2D eigenvalue weighted by Crippen LogP contribution is 2.35. The van der Waals surface area contributed by atoms with Crippen LogP contribution in [0.3, 0.4) is 0 Å². The number of hydrogen-bond donors (Lipinski definition) is 3. The van der Waals surface area contributed by atoms with Crippen LogP contribution in [-0.2, 0) is 19.6 Å². The third kappa shape index (κ3) is 7.89. The number of benzene rings is 1. The minimum Gasteiger partial charge on any atom is -0.381 e. The maximum Gasteiger partial charge on any atom is 0.262 e. The predicted octanol–water partition coefficient (Wildman–Crippen LogP) is 3.94. The van der Waals surface area contributed by atoms with E-state index in [0.29, 0.717) is 41.8 Å². The van der Waals surface area contributed by atoms with E-state index in [0.717, 1.165) is 89.8 Å². The molecule has 10 rings (SSSR count). The molecule has 328 valence electrons. The van der Waals surface area contributed by atoms with E-state index < -0.39 is 39.7 Å². The van der Waals surface area contributed by atoms with Gasteiger partial charge in [0.05, 0.1) is 45.2 Å². The molecule has 19 nitrogen and oxygen atoms in total. The van der Waals surface area contributed by atoms with Crippen molar-refractivity contribution in [1.29, 1.82) is 0 Å². The fraction of sp³-hybridized carbons (Fsp3) is 0.465. The second kappa shape index (κ2) is 16.1. The van der Waals surface area contributed by atoms with Crippen LogP contribution < -0.4 is 20.9 Å². The summed E-state index contributed by atoms with van der Waals surface area (Å²) in [4.78, 5) is 70.4. The van der Waals surface area contributed by atoms with Gasteiger partial charge in [-0.3, -0.25) is 34.1 Å². The minimum absolute atomic E-state index is 0.0814. The molecule has 2 atom stereocenters. The smallest absolute Gasteiger partial charge is 0.262 e. The molecular formula is C43H49N13O6S. The molecule has 0 bridgehead atoms. The number of likely N-dealkylation sites (tertiary alicyclic amines) is 1. The van der Waals surface area contributed by atoms with Gasteiger partial charge in [-0.2, -0.15) is 14.3 Å². The van der Waals surface area contributed by atoms with Gasteiger partial charge in [0.15, 0.2) is 11.6 Å². The Morgan fingerprint density at radius 1 is 0.889 bits per heavy atom. The monoisotopic (exact) mass is 875 g/mol. The van der Waals surface area contributed by atoms with E-state index in [4.69, 9.17) is 10.1 Å². The number of imide groups is 2. The molecule has 8 heterocycles. The van der Waals surface area contributed by atoms with Crippen molar-refractivity contribution < 1.29 is 27.6 Å². The van der Waals surface area contributed by atoms with Crippen molar-refractivity contribution in [1.82, 2.24) is 49.0 Å². The summed E-state index contributed by atoms with van der Waals surface area (Å²) in [7, 11) is -3.50. The zero-order valence-corrected chi connectivity index (χ0v) is 35.9. The number of rotatable bonds is 12. The van der Waals surface area contributed by atoms with Gasteiger partial charge in [-0.15, -0.1) is 0 Å². The van der Waals surface area contributed by atoms with Crippen molar-refractivity contribution in [3.63, 3.8) is 0 Å². The second-order valence-corrected chi connectivity index (χ2v) is 19.6. The molecule has 4 aliphatic heterocycles. The van der Waals surface area contributed by atoms with Crippen LogP contribution in [0.1, 0.15) is 92.0 Å². The largest absolute Gasteiger partial charge is 0.381 e. The standard InChI is InChI=1S/C43H49N13O6S/c1-25(2)56-35-19-37(48-36-11-14-44-39(49-36)27-20-46-54(23-27)63(61,62)30-6-7-30)45-21-33(35)40(51-56)53-16-12-26(13-17-53)22-52-15-3-4-29(24-52)47-28-5-8-31-32(18-28)43(60)55(42(31)59)34-9-10-38(57)50-41(34)58/h5,8,11,14,18-21,23,25-26,29-30,34,47H,3-4,6-7,9-10,12-13,15-17,22,24H2,1-2H3,(H,50,57,58)(H,44,45,48,49). The Hall–Kier alpha value is -6.28. The molecule has 0 radical (unpaired) electrons. The van der Waals surface area contributed by atoms with E-state index in [1.165, 1.54) is 12.4 Å². The maximum absolute atomic E-state index is 13.4. The van der Waals surface area contributed by atoms with Crippen LogP contribution in [-0.4, -0.2) is 126 Å². The van der Waals surface area contributed by atoms with Crippen molar-refractivity contribution in [3.05, 3.63) is 66.2 Å². The number of nitrogens with one attached hydrogen (secondary N) is 3. The van der Waals surface area contributed by atoms with Crippen LogP contribution in [0, 0.1) is 5.92 Å². The summed E-state index contributed by atoms with van der Waals surface area (Å²) in [5.41, 5.74) is 2.77. The van der Waals surface area contributed by atoms with Gasteiger partial charge >= 0.3 is 0 Å². The maximum atomic E-state index is 13.4. The summed E-state index contributed by atoms with van der Waals surface area (Å²) in [5, 5.41) is 18.9. The Balaban J connectivity index is 0.755. The third-order valence-electron chi connectivity index (χ3n) is 12.7. The molecule has 1 saturated carbocycles. The van der Waals surface area contributed by atoms with Crippen molar-refractivity contribution >= 4 is 67.7 Å². The molecule has 3 saturated heterocycles. The van der Waals surface area contributed by atoms with E-state index in [9.17, 15) is 27.6 Å². The van der Waals surface area contributed by atoms with Gasteiger partial charge < -0.3 is 20.4 Å². The summed E-state index contributed by atoms with van der Waals surface area (Å²) in [6.45, 7) is 8.86. The fourth-order valence-electron chi connectivity index (χ4n) is 9.32. The molecule has 4 fully saturated rings. The highest BCUT2D eigenvalue weighted by molar-refractivity contribution is 7.90. The third-order valence-corrected chi connectivity index (χ3v) is 14.8. The zero-order chi connectivity index (χ0) is 43.6. The number of aromatic nitrogens is 7. The first-order valence-corrected chi connectivity index (χ1v) is 23.3. The van der Waals surface area contributed by atoms with Gasteiger partial charge in [-0.25, -0.2) is 23.4 Å². The van der Waals surface area contributed by atoms with Gasteiger partial charge in [-0.05, 0) is 95.5 Å². The Morgan fingerprint density at radius 3 is 2.48 bits per heavy atom. The van der Waals surface area contributed by atoms with E-state index in [1.807, 2.05) is 23.0 Å². The highest BCUT2D eigenvalue weighted by atomic mass is 32.2. The molecule has 5 aliphatic rings. The van der Waals surface area contributed by atoms with Crippen molar-refractivity contribution in [3.8, 4) is 11.4 Å². The molecule has 3 N–H and O–H groups in total. The molecule has 5 aromatic rings. The van der Waals surface area contributed by atoms with E-state index in [2.05, 4.69) is 54.7 Å². The quantitative estimate of drug-likeness (QED) is 0.151. The predicted molar refractivity (Wildman–Crippen MR) is 233 cm³/mol. The van der Waals surface area contributed by atoms with Gasteiger partial charge in [-0.1, -0.05) is 0 Å². The zero-order valence-electron chi connectivity index (χ0n) is 35.1. The number of fused-ring (bicyclic) bond motifs is 2. The summed E-state index contributed by atoms with van der Waals surface area (Å²) >= 11 is 0. The normalized spacial score (nSPS) is 21.4. The molecule has 4 amide bonds. The number of amides is 4. The average molecular weight is 876 g/mol. The first-order valence-electron chi connectivity index (χ1n) is 21.8. The van der Waals surface area contributed by atoms with E-state index in [-0.39, 0.29) is 41.3 Å². The SMILES string of the molecule is CC(C)n1nc(N2CCC(CN3CCCC(Nc4ccc5c(c4)C(=O)N(C4CCC(=O)NC4=O)C5=O)C3)CC2)c2cnc(Nc3ccnc(-c4cnn(S(=O)(=O)C5CC5)c4)n3)cc21. The number of pyridine rings is 1. The molecule has 63 heavy (non-hydrogen) atoms. The number of carbonyl (C=O) groups is 4. The number of nitrogens with zero attached hydrogens (tertiary/aromatic N) is 10. The molecule has 20 heteroatoms. The summed E-state index contributed by atoms with van der Waals surface area (Å²) in [6, 6.07) is 8.20. The van der Waals surface area contributed by atoms with Gasteiger partial charge in [0.25, 0.3) is 21.8 Å². The first kappa shape index (κ1) is 40.8. The Kier molecular flexibility index (Phi) is 10.4. The number of carbonyl (C=O) groups excluding carboxylic acids is 4. The Bertz CT molecular complexity index is 2760. The summed E-state index contributed by atoms with van der Waals surface area (Å²) in [6.07, 6.45) is 12.0. The lowest BCUT2D eigenvalue weighted by Gasteiger charge is -2.38. The van der Waals surface area contributed by atoms with Gasteiger partial charge in [0.2, 0.25) is 11.8 Å². The van der Waals surface area contributed by atoms with Crippen LogP contribution in [0.15, 0.2) is 55.1 Å². The number of anilines is 4. The van der Waals surface area contributed by atoms with E-state index in [1.54, 1.807) is 24.4 Å². The molecule has 4 aromatic heterocycles. The number of piperidine rings is 3. The molecule has 0 spiro atoms. The summed E-state index contributed by atoms with van der Waals surface area (Å²) in [5.74, 6) is 0.886. The lowest BCUT2D eigenvalue weighted by atomic mass is 9.94. The topological polar surface area (TPSA) is 223 Å². The van der Waals surface area contributed by atoms with Crippen LogP contribution >= 0.6 is 0 Å². The number of hydrogen-bond acceptors (Lipinski definition) is 15. The Morgan fingerprint density at radius 2 is 1.70 bits per heavy atom. The lowest BCUT2D eigenvalue weighted by molar-refractivity contribution is -0.136. The van der Waals surface area contributed by atoms with Crippen LogP contribution in [0.4, 0.5) is 23.1 Å². The van der Waals surface area contributed by atoms with Crippen molar-refractivity contribution in [2.24, 2.45) is 5.92 Å². The molecular weight excluding hydrogens is 827 g/mol. The molecule has 2 unspecified atom stereocenters. The van der Waals surface area contributed by atoms with Crippen LogP contribution in [0.5, 0.6) is 0 Å². The first-order chi connectivity index (χ1) is 30.4. The minimum atomic E-state index is -3.50. The van der Waals surface area contributed by atoms with Crippen LogP contribution in [0.2, 0.25) is 0 Å². The van der Waals surface area contributed by atoms with Crippen molar-refractivity contribution in [2.45, 2.75) is 88.6 Å². The van der Waals surface area contributed by atoms with Crippen LogP contribution in [0.25, 0.3) is 22.3 Å². The molecule has 1 aromatic carbocycles. The van der Waals surface area contributed by atoms with Gasteiger partial charge in [0.1, 0.15) is 17.7 Å². The lowest BCUT2D eigenvalue weighted by Crippen LogP contribution is -2.54. The summed E-state index contributed by atoms with van der Waals surface area (Å²) < 4.78 is 28.4. The highest BCUT2D eigenvalue weighted by Gasteiger charge is 2.45. The van der Waals surface area contributed by atoms with E-state index >= 15 is 0 Å². The average Bonchev–Trinajstić information content (AvgIpc) is 3.82. The Labute approximate surface area is 363 Å². The fourth-order valence-corrected chi connectivity index (χ4v) is 10.8.